The molecule has 22 heavy (non-hydrogen) atoms. The lowest BCUT2D eigenvalue weighted by Crippen LogP contribution is -2.34. The number of azo groups is 1. The van der Waals surface area contributed by atoms with Crippen molar-refractivity contribution in [3.05, 3.63) is 11.4 Å². The summed E-state index contributed by atoms with van der Waals surface area (Å²) in [5.41, 5.74) is -2.76. The van der Waals surface area contributed by atoms with Crippen LogP contribution < -0.4 is 10.6 Å². The summed E-state index contributed by atoms with van der Waals surface area (Å²) in [5, 5.41) is 22.1. The Bertz CT molecular complexity index is 472. The van der Waals surface area contributed by atoms with Crippen molar-refractivity contribution in [2.24, 2.45) is 10.2 Å². The number of carbonyl (C=O) groups excluding carboxylic acids is 2. The lowest BCUT2D eigenvalue weighted by Gasteiger charge is -2.16. The van der Waals surface area contributed by atoms with E-state index >= 15 is 0 Å². The average Bonchev–Trinajstić information content (AvgIpc) is 2.45. The highest BCUT2D eigenvalue weighted by atomic mass is 16.2. The first-order chi connectivity index (χ1) is 10.2. The van der Waals surface area contributed by atoms with Crippen molar-refractivity contribution in [2.45, 2.75) is 51.7 Å². The van der Waals surface area contributed by atoms with Gasteiger partial charge in [-0.25, -0.2) is 6.57 Å². The Morgan fingerprint density at radius 2 is 1.64 bits per heavy atom. The number of amides is 2. The van der Waals surface area contributed by atoms with Crippen molar-refractivity contribution in [3.63, 3.8) is 0 Å². The number of carbonyl (C=O) groups is 2. The van der Waals surface area contributed by atoms with Crippen LogP contribution in [0.2, 0.25) is 0 Å². The van der Waals surface area contributed by atoms with Gasteiger partial charge in [-0.3, -0.25) is 14.4 Å². The molecular weight excluding hydrogens is 284 g/mol. The number of hydrogen-bond donors (Lipinski definition) is 2. The Morgan fingerprint density at radius 1 is 1.14 bits per heavy atom. The van der Waals surface area contributed by atoms with Gasteiger partial charge in [-0.15, -0.1) is 5.11 Å². The lowest BCUT2D eigenvalue weighted by molar-refractivity contribution is -0.122. The SMILES string of the molecule is [C-]#[N+]C(C)(CC(=O)NCC)N=NC(C)(C#N)CC(=O)NCC. The van der Waals surface area contributed by atoms with E-state index in [4.69, 9.17) is 6.57 Å². The molecule has 0 saturated heterocycles. The van der Waals surface area contributed by atoms with Crippen LogP contribution in [0.25, 0.3) is 4.85 Å². The molecule has 0 aromatic carbocycles. The van der Waals surface area contributed by atoms with E-state index in [0.29, 0.717) is 13.1 Å². The first-order valence-corrected chi connectivity index (χ1v) is 7.01. The van der Waals surface area contributed by atoms with E-state index in [2.05, 4.69) is 25.7 Å². The normalized spacial score (nSPS) is 15.9. The van der Waals surface area contributed by atoms with Crippen LogP contribution in [0.3, 0.4) is 0 Å². The van der Waals surface area contributed by atoms with Crippen molar-refractivity contribution in [1.82, 2.24) is 10.6 Å². The summed E-state index contributed by atoms with van der Waals surface area (Å²) in [4.78, 5) is 26.5. The molecule has 0 spiro atoms. The third kappa shape index (κ3) is 6.80. The summed E-state index contributed by atoms with van der Waals surface area (Å²) in [5.74, 6) is -0.638. The molecule has 0 aliphatic heterocycles. The summed E-state index contributed by atoms with van der Waals surface area (Å²) in [6.07, 6.45) is -0.313. The Kier molecular flexibility index (Phi) is 7.74. The second kappa shape index (κ2) is 8.73. The molecule has 0 aliphatic carbocycles. The van der Waals surface area contributed by atoms with Gasteiger partial charge in [0, 0.05) is 20.0 Å². The quantitative estimate of drug-likeness (QED) is 0.522. The molecule has 0 aliphatic rings. The molecule has 2 unspecified atom stereocenters. The largest absolute Gasteiger partial charge is 0.356 e. The third-order valence-corrected chi connectivity index (χ3v) is 2.72. The molecule has 0 bridgehead atoms. The van der Waals surface area contributed by atoms with Gasteiger partial charge in [0.15, 0.2) is 5.54 Å². The van der Waals surface area contributed by atoms with Crippen molar-refractivity contribution < 1.29 is 9.59 Å². The minimum atomic E-state index is -1.39. The van der Waals surface area contributed by atoms with Gasteiger partial charge in [0.25, 0.3) is 0 Å². The van der Waals surface area contributed by atoms with E-state index in [-0.39, 0.29) is 24.7 Å². The first kappa shape index (κ1) is 19.5. The van der Waals surface area contributed by atoms with Gasteiger partial charge in [0.1, 0.15) is 6.42 Å². The summed E-state index contributed by atoms with van der Waals surface area (Å²) in [7, 11) is 0. The zero-order chi connectivity index (χ0) is 17.2. The zero-order valence-electron chi connectivity index (χ0n) is 13.4. The van der Waals surface area contributed by atoms with E-state index in [1.807, 2.05) is 6.07 Å². The van der Waals surface area contributed by atoms with E-state index in [0.717, 1.165) is 0 Å². The fourth-order valence-electron chi connectivity index (χ4n) is 1.55. The van der Waals surface area contributed by atoms with Crippen LogP contribution >= 0.6 is 0 Å². The highest BCUT2D eigenvalue weighted by Crippen LogP contribution is 2.22. The van der Waals surface area contributed by atoms with Gasteiger partial charge in [-0.1, -0.05) is 0 Å². The van der Waals surface area contributed by atoms with Gasteiger partial charge < -0.3 is 10.6 Å². The maximum absolute atomic E-state index is 11.6. The minimum absolute atomic E-state index is 0.156. The highest BCUT2D eigenvalue weighted by Gasteiger charge is 2.36. The highest BCUT2D eigenvalue weighted by molar-refractivity contribution is 5.78. The van der Waals surface area contributed by atoms with E-state index in [1.54, 1.807) is 13.8 Å². The summed E-state index contributed by atoms with van der Waals surface area (Å²) < 4.78 is 0. The molecule has 0 saturated carbocycles. The van der Waals surface area contributed by atoms with Crippen LogP contribution in [0, 0.1) is 17.9 Å². The fraction of sp³-hybridized carbons (Fsp3) is 0.714. The minimum Gasteiger partial charge on any atom is -0.356 e. The predicted molar refractivity (Wildman–Crippen MR) is 80.5 cm³/mol. The van der Waals surface area contributed by atoms with Crippen molar-refractivity contribution in [1.29, 1.82) is 5.26 Å². The molecular formula is C14H22N6O2. The zero-order valence-corrected chi connectivity index (χ0v) is 13.4. The van der Waals surface area contributed by atoms with E-state index < -0.39 is 11.2 Å². The molecule has 0 aromatic heterocycles. The van der Waals surface area contributed by atoms with Crippen LogP contribution in [-0.4, -0.2) is 36.1 Å². The lowest BCUT2D eigenvalue weighted by atomic mass is 10.0. The smallest absolute Gasteiger partial charge is 0.346 e. The predicted octanol–water partition coefficient (Wildman–Crippen LogP) is 1.41. The van der Waals surface area contributed by atoms with E-state index in [9.17, 15) is 14.9 Å². The third-order valence-electron chi connectivity index (χ3n) is 2.72. The topological polar surface area (TPSA) is 111 Å². The Hall–Kier alpha value is -2.48. The van der Waals surface area contributed by atoms with Crippen molar-refractivity contribution >= 4 is 11.8 Å². The maximum Gasteiger partial charge on any atom is 0.346 e. The van der Waals surface area contributed by atoms with Crippen LogP contribution in [0.15, 0.2) is 10.2 Å². The van der Waals surface area contributed by atoms with Crippen LogP contribution in [-0.2, 0) is 9.59 Å². The van der Waals surface area contributed by atoms with Gasteiger partial charge in [-0.05, 0) is 20.8 Å². The molecule has 2 atom stereocenters. The molecule has 0 fully saturated rings. The van der Waals surface area contributed by atoms with Crippen LogP contribution in [0.5, 0.6) is 0 Å². The molecule has 0 heterocycles. The molecule has 0 rings (SSSR count). The van der Waals surface area contributed by atoms with E-state index in [1.165, 1.54) is 13.8 Å². The fourth-order valence-corrected chi connectivity index (χ4v) is 1.55. The molecule has 8 nitrogen and oxygen atoms in total. The Labute approximate surface area is 130 Å². The molecule has 8 heteroatoms. The monoisotopic (exact) mass is 306 g/mol. The Morgan fingerprint density at radius 3 is 2.05 bits per heavy atom. The van der Waals surface area contributed by atoms with Gasteiger partial charge >= 0.3 is 5.66 Å². The van der Waals surface area contributed by atoms with Crippen molar-refractivity contribution in [3.8, 4) is 6.07 Å². The summed E-state index contributed by atoms with van der Waals surface area (Å²) in [6.45, 7) is 14.6. The summed E-state index contributed by atoms with van der Waals surface area (Å²) >= 11 is 0. The molecule has 0 aromatic rings. The van der Waals surface area contributed by atoms with Crippen LogP contribution in [0.4, 0.5) is 0 Å². The van der Waals surface area contributed by atoms with Gasteiger partial charge in [0.2, 0.25) is 11.8 Å². The number of rotatable bonds is 8. The second-order valence-corrected chi connectivity index (χ2v) is 5.18. The standard InChI is InChI=1S/C14H22N6O2/c1-6-17-11(21)8-13(3,10-15)19-20-14(4,16-5)9-12(22)18-7-2/h6-9H2,1-4H3,(H,17,21)(H,18,22). The second-order valence-electron chi connectivity index (χ2n) is 5.18. The number of nitrogens with zero attached hydrogens (tertiary/aromatic N) is 4. The first-order valence-electron chi connectivity index (χ1n) is 7.01. The molecule has 2 amide bonds. The van der Waals surface area contributed by atoms with Crippen LogP contribution in [0.1, 0.15) is 40.5 Å². The number of nitriles is 1. The average molecular weight is 306 g/mol. The molecule has 0 radical (unpaired) electrons. The van der Waals surface area contributed by atoms with Gasteiger partial charge in [-0.2, -0.15) is 10.4 Å². The maximum atomic E-state index is 11.6. The van der Waals surface area contributed by atoms with Gasteiger partial charge in [0.05, 0.1) is 12.5 Å². The Balaban J connectivity index is 5.07. The summed E-state index contributed by atoms with van der Waals surface area (Å²) in [6, 6.07) is 1.92. The molecule has 2 N–H and O–H groups in total. The molecule has 120 valence electrons. The number of hydrogen-bond acceptors (Lipinski definition) is 5. The van der Waals surface area contributed by atoms with Crippen molar-refractivity contribution in [2.75, 3.05) is 13.1 Å². The number of nitrogens with one attached hydrogen (secondary N) is 2.